The average molecular weight is 269 g/mol. The Labute approximate surface area is 115 Å². The number of rotatable bonds is 9. The van der Waals surface area contributed by atoms with E-state index in [1.54, 1.807) is 0 Å². The topological polar surface area (TPSA) is 37.8 Å². The number of hydrogen-bond acceptors (Lipinski definition) is 4. The first-order valence-corrected chi connectivity index (χ1v) is 8.04. The molecule has 0 saturated heterocycles. The van der Waals surface area contributed by atoms with Crippen molar-refractivity contribution < 1.29 is 0 Å². The maximum Gasteiger partial charge on any atom is 0.120 e. The first kappa shape index (κ1) is 15.6. The molecule has 1 aromatic rings. The van der Waals surface area contributed by atoms with Crippen LogP contribution in [0, 0.1) is 0 Å². The lowest BCUT2D eigenvalue weighted by Gasteiger charge is -2.10. The molecule has 0 spiro atoms. The Morgan fingerprint density at radius 1 is 1.11 bits per heavy atom. The summed E-state index contributed by atoms with van der Waals surface area (Å²) in [4.78, 5) is 0. The SMILES string of the molecule is CCCC(CCC)c1nnc(CCNC(C)C)s1. The lowest BCUT2D eigenvalue weighted by atomic mass is 9.99. The van der Waals surface area contributed by atoms with Gasteiger partial charge in [-0.2, -0.15) is 0 Å². The quantitative estimate of drug-likeness (QED) is 0.741. The summed E-state index contributed by atoms with van der Waals surface area (Å²) < 4.78 is 0. The van der Waals surface area contributed by atoms with E-state index in [9.17, 15) is 0 Å². The molecule has 18 heavy (non-hydrogen) atoms. The van der Waals surface area contributed by atoms with Gasteiger partial charge in [0.2, 0.25) is 0 Å². The molecule has 0 amide bonds. The average Bonchev–Trinajstić information content (AvgIpc) is 2.77. The third kappa shape index (κ3) is 5.44. The summed E-state index contributed by atoms with van der Waals surface area (Å²) in [6, 6.07) is 0.547. The minimum absolute atomic E-state index is 0.547. The maximum atomic E-state index is 4.39. The molecule has 0 bridgehead atoms. The molecular weight excluding hydrogens is 242 g/mol. The lowest BCUT2D eigenvalue weighted by molar-refractivity contribution is 0.553. The fraction of sp³-hybridized carbons (Fsp3) is 0.857. The predicted octanol–water partition coefficient (Wildman–Crippen LogP) is 3.76. The summed E-state index contributed by atoms with van der Waals surface area (Å²) in [6.45, 7) is 9.83. The highest BCUT2D eigenvalue weighted by Crippen LogP contribution is 2.28. The Balaban J connectivity index is 2.49. The van der Waals surface area contributed by atoms with E-state index in [1.165, 1.54) is 35.7 Å². The van der Waals surface area contributed by atoms with Crippen molar-refractivity contribution >= 4 is 11.3 Å². The Kier molecular flexibility index (Phi) is 7.44. The van der Waals surface area contributed by atoms with Gasteiger partial charge in [0.25, 0.3) is 0 Å². The molecule has 3 nitrogen and oxygen atoms in total. The van der Waals surface area contributed by atoms with E-state index >= 15 is 0 Å². The maximum absolute atomic E-state index is 4.39. The van der Waals surface area contributed by atoms with E-state index < -0.39 is 0 Å². The summed E-state index contributed by atoms with van der Waals surface area (Å²) in [7, 11) is 0. The molecule has 1 N–H and O–H groups in total. The number of aromatic nitrogens is 2. The Hall–Kier alpha value is -0.480. The van der Waals surface area contributed by atoms with Crippen LogP contribution in [0.1, 0.15) is 69.3 Å². The monoisotopic (exact) mass is 269 g/mol. The first-order chi connectivity index (χ1) is 8.67. The normalized spacial score (nSPS) is 11.7. The van der Waals surface area contributed by atoms with Crippen LogP contribution in [0.25, 0.3) is 0 Å². The largest absolute Gasteiger partial charge is 0.314 e. The van der Waals surface area contributed by atoms with E-state index in [0.29, 0.717) is 12.0 Å². The summed E-state index contributed by atoms with van der Waals surface area (Å²) in [5, 5.41) is 14.6. The highest BCUT2D eigenvalue weighted by atomic mass is 32.1. The second-order valence-corrected chi connectivity index (χ2v) is 6.26. The van der Waals surface area contributed by atoms with Crippen LogP contribution in [0.4, 0.5) is 0 Å². The van der Waals surface area contributed by atoms with Gasteiger partial charge >= 0.3 is 0 Å². The van der Waals surface area contributed by atoms with Gasteiger partial charge in [0.15, 0.2) is 0 Å². The van der Waals surface area contributed by atoms with Crippen molar-refractivity contribution in [1.82, 2.24) is 15.5 Å². The molecule has 0 unspecified atom stereocenters. The standard InChI is InChI=1S/C14H27N3S/c1-5-7-12(8-6-2)14-17-16-13(18-14)9-10-15-11(3)4/h11-12,15H,5-10H2,1-4H3. The second-order valence-electron chi connectivity index (χ2n) is 5.17. The molecule has 1 heterocycles. The molecular formula is C14H27N3S. The van der Waals surface area contributed by atoms with Gasteiger partial charge in [0.1, 0.15) is 10.0 Å². The Morgan fingerprint density at radius 3 is 2.33 bits per heavy atom. The van der Waals surface area contributed by atoms with Gasteiger partial charge in [-0.05, 0) is 12.8 Å². The molecule has 0 aliphatic rings. The van der Waals surface area contributed by atoms with Crippen LogP contribution in [0.2, 0.25) is 0 Å². The molecule has 0 radical (unpaired) electrons. The molecule has 4 heteroatoms. The van der Waals surface area contributed by atoms with E-state index in [2.05, 4.69) is 43.2 Å². The zero-order chi connectivity index (χ0) is 13.4. The number of nitrogens with zero attached hydrogens (tertiary/aromatic N) is 2. The molecule has 0 aliphatic heterocycles. The van der Waals surface area contributed by atoms with Gasteiger partial charge in [-0.3, -0.25) is 0 Å². The molecule has 0 aliphatic carbocycles. The van der Waals surface area contributed by atoms with Gasteiger partial charge in [-0.15, -0.1) is 21.5 Å². The number of hydrogen-bond donors (Lipinski definition) is 1. The molecule has 0 aromatic carbocycles. The van der Waals surface area contributed by atoms with Crippen LogP contribution < -0.4 is 5.32 Å². The van der Waals surface area contributed by atoms with Crippen molar-refractivity contribution in [1.29, 1.82) is 0 Å². The summed E-state index contributed by atoms with van der Waals surface area (Å²) >= 11 is 1.81. The summed E-state index contributed by atoms with van der Waals surface area (Å²) in [6.07, 6.45) is 5.95. The van der Waals surface area contributed by atoms with Gasteiger partial charge in [-0.25, -0.2) is 0 Å². The van der Waals surface area contributed by atoms with Gasteiger partial charge in [0.05, 0.1) is 0 Å². The first-order valence-electron chi connectivity index (χ1n) is 7.23. The fourth-order valence-electron chi connectivity index (χ4n) is 2.09. The van der Waals surface area contributed by atoms with Crippen molar-refractivity contribution in [3.63, 3.8) is 0 Å². The van der Waals surface area contributed by atoms with Crippen LogP contribution in [-0.2, 0) is 6.42 Å². The van der Waals surface area contributed by atoms with Crippen LogP contribution in [0.5, 0.6) is 0 Å². The highest BCUT2D eigenvalue weighted by molar-refractivity contribution is 7.11. The van der Waals surface area contributed by atoms with Gasteiger partial charge in [-0.1, -0.05) is 40.5 Å². The van der Waals surface area contributed by atoms with E-state index in [1.807, 2.05) is 11.3 Å². The van der Waals surface area contributed by atoms with Gasteiger partial charge < -0.3 is 5.32 Å². The second kappa shape index (κ2) is 8.59. The Morgan fingerprint density at radius 2 is 1.78 bits per heavy atom. The van der Waals surface area contributed by atoms with E-state index in [-0.39, 0.29) is 0 Å². The summed E-state index contributed by atoms with van der Waals surface area (Å²) in [5.41, 5.74) is 0. The number of nitrogens with one attached hydrogen (secondary N) is 1. The molecule has 0 saturated carbocycles. The molecule has 0 atom stereocenters. The summed E-state index contributed by atoms with van der Waals surface area (Å²) in [5.74, 6) is 0.629. The smallest absolute Gasteiger partial charge is 0.120 e. The van der Waals surface area contributed by atoms with Crippen molar-refractivity contribution in [3.05, 3.63) is 10.0 Å². The lowest BCUT2D eigenvalue weighted by Crippen LogP contribution is -2.24. The van der Waals surface area contributed by atoms with E-state index in [0.717, 1.165) is 13.0 Å². The van der Waals surface area contributed by atoms with Crippen LogP contribution in [0.3, 0.4) is 0 Å². The van der Waals surface area contributed by atoms with Crippen molar-refractivity contribution in [2.24, 2.45) is 0 Å². The Bertz CT molecular complexity index is 317. The predicted molar refractivity (Wildman–Crippen MR) is 79.3 cm³/mol. The molecule has 1 aromatic heterocycles. The zero-order valence-corrected chi connectivity index (χ0v) is 13.0. The van der Waals surface area contributed by atoms with Gasteiger partial charge in [0, 0.05) is 24.9 Å². The zero-order valence-electron chi connectivity index (χ0n) is 12.2. The van der Waals surface area contributed by atoms with Crippen LogP contribution in [-0.4, -0.2) is 22.8 Å². The highest BCUT2D eigenvalue weighted by Gasteiger charge is 2.15. The van der Waals surface area contributed by atoms with Crippen molar-refractivity contribution in [2.75, 3.05) is 6.54 Å². The minimum Gasteiger partial charge on any atom is -0.314 e. The van der Waals surface area contributed by atoms with Crippen LogP contribution >= 0.6 is 11.3 Å². The van der Waals surface area contributed by atoms with Crippen LogP contribution in [0.15, 0.2) is 0 Å². The fourth-order valence-corrected chi connectivity index (χ4v) is 3.10. The molecule has 0 fully saturated rings. The minimum atomic E-state index is 0.547. The molecule has 1 rings (SSSR count). The third-order valence-electron chi connectivity index (χ3n) is 3.00. The van der Waals surface area contributed by atoms with Crippen molar-refractivity contribution in [3.8, 4) is 0 Å². The van der Waals surface area contributed by atoms with Crippen molar-refractivity contribution in [2.45, 2.75) is 71.8 Å². The third-order valence-corrected chi connectivity index (χ3v) is 4.14. The molecule has 104 valence electrons. The van der Waals surface area contributed by atoms with E-state index in [4.69, 9.17) is 0 Å².